The molecule has 0 amide bonds. The summed E-state index contributed by atoms with van der Waals surface area (Å²) in [6.07, 6.45) is 1.85. The summed E-state index contributed by atoms with van der Waals surface area (Å²) >= 11 is 0. The van der Waals surface area contributed by atoms with Crippen LogP contribution in [0.4, 0.5) is 11.5 Å². The van der Waals surface area contributed by atoms with Crippen LogP contribution in [0.25, 0.3) is 11.0 Å². The number of anilines is 2. The zero-order valence-corrected chi connectivity index (χ0v) is 12.5. The molecule has 5 heteroatoms. The number of rotatable bonds is 4. The highest BCUT2D eigenvalue weighted by molar-refractivity contribution is 5.75. The fraction of sp³-hybridized carbons (Fsp3) is 0.250. The van der Waals surface area contributed by atoms with Crippen molar-refractivity contribution in [3.63, 3.8) is 0 Å². The number of hydrogen-bond donors (Lipinski definition) is 1. The zero-order chi connectivity index (χ0) is 14.8. The standard InChI is InChI=1S/C16H19N5/c1-20(2)15-9-8-12(10-18-15)17-11-16-19-13-6-4-5-7-14(13)21(16)3/h4-10,17H,11H2,1-3H3. The maximum absolute atomic E-state index is 4.64. The fourth-order valence-electron chi connectivity index (χ4n) is 2.29. The van der Waals surface area contributed by atoms with E-state index in [1.807, 2.05) is 62.6 Å². The molecule has 0 atom stereocenters. The van der Waals surface area contributed by atoms with Crippen LogP contribution in [0, 0.1) is 0 Å². The summed E-state index contributed by atoms with van der Waals surface area (Å²) in [5.41, 5.74) is 3.17. The summed E-state index contributed by atoms with van der Waals surface area (Å²) in [4.78, 5) is 11.0. The number of nitrogens with zero attached hydrogens (tertiary/aromatic N) is 4. The van der Waals surface area contributed by atoms with E-state index < -0.39 is 0 Å². The smallest absolute Gasteiger partial charge is 0.128 e. The van der Waals surface area contributed by atoms with E-state index in [4.69, 9.17) is 0 Å². The van der Waals surface area contributed by atoms with Gasteiger partial charge in [0.05, 0.1) is 29.5 Å². The van der Waals surface area contributed by atoms with E-state index >= 15 is 0 Å². The van der Waals surface area contributed by atoms with Crippen molar-refractivity contribution >= 4 is 22.5 Å². The molecule has 108 valence electrons. The molecular formula is C16H19N5. The Balaban J connectivity index is 1.75. The van der Waals surface area contributed by atoms with Crippen LogP contribution in [0.2, 0.25) is 0 Å². The number of fused-ring (bicyclic) bond motifs is 1. The molecule has 21 heavy (non-hydrogen) atoms. The van der Waals surface area contributed by atoms with Crippen molar-refractivity contribution < 1.29 is 0 Å². The molecule has 1 aromatic carbocycles. The minimum Gasteiger partial charge on any atom is -0.377 e. The Labute approximate surface area is 124 Å². The number of nitrogens with one attached hydrogen (secondary N) is 1. The number of aryl methyl sites for hydroxylation is 1. The molecule has 0 aliphatic heterocycles. The SMILES string of the molecule is CN(C)c1ccc(NCc2nc3ccccc3n2C)cn1. The lowest BCUT2D eigenvalue weighted by Gasteiger charge is -2.12. The summed E-state index contributed by atoms with van der Waals surface area (Å²) in [6, 6.07) is 12.2. The molecule has 3 rings (SSSR count). The van der Waals surface area contributed by atoms with E-state index in [1.54, 1.807) is 0 Å². The first kappa shape index (κ1) is 13.4. The van der Waals surface area contributed by atoms with Gasteiger partial charge in [-0.3, -0.25) is 0 Å². The van der Waals surface area contributed by atoms with Crippen molar-refractivity contribution in [3.8, 4) is 0 Å². The van der Waals surface area contributed by atoms with Crippen LogP contribution in [-0.4, -0.2) is 28.6 Å². The van der Waals surface area contributed by atoms with Crippen molar-refractivity contribution in [1.29, 1.82) is 0 Å². The predicted octanol–water partition coefficient (Wildman–Crippen LogP) is 2.65. The highest BCUT2D eigenvalue weighted by atomic mass is 15.1. The average molecular weight is 281 g/mol. The molecule has 5 nitrogen and oxygen atoms in total. The lowest BCUT2D eigenvalue weighted by atomic mass is 10.3. The molecule has 0 spiro atoms. The number of para-hydroxylation sites is 2. The van der Waals surface area contributed by atoms with Crippen molar-refractivity contribution in [2.75, 3.05) is 24.3 Å². The van der Waals surface area contributed by atoms with Crippen LogP contribution >= 0.6 is 0 Å². The summed E-state index contributed by atoms with van der Waals surface area (Å²) in [6.45, 7) is 0.675. The average Bonchev–Trinajstić information content (AvgIpc) is 2.82. The molecule has 0 fully saturated rings. The molecule has 0 radical (unpaired) electrons. The number of imidazole rings is 1. The van der Waals surface area contributed by atoms with Crippen LogP contribution in [0.1, 0.15) is 5.82 Å². The molecular weight excluding hydrogens is 262 g/mol. The monoisotopic (exact) mass is 281 g/mol. The second kappa shape index (κ2) is 5.44. The number of hydrogen-bond acceptors (Lipinski definition) is 4. The van der Waals surface area contributed by atoms with Crippen LogP contribution in [0.5, 0.6) is 0 Å². The van der Waals surface area contributed by atoms with Crippen molar-refractivity contribution in [3.05, 3.63) is 48.4 Å². The van der Waals surface area contributed by atoms with Gasteiger partial charge in [0.25, 0.3) is 0 Å². The third-order valence-corrected chi connectivity index (χ3v) is 3.54. The highest BCUT2D eigenvalue weighted by Crippen LogP contribution is 2.16. The van der Waals surface area contributed by atoms with Gasteiger partial charge in [-0.15, -0.1) is 0 Å². The second-order valence-electron chi connectivity index (χ2n) is 5.23. The summed E-state index contributed by atoms with van der Waals surface area (Å²) in [7, 11) is 6.00. The van der Waals surface area contributed by atoms with E-state index in [9.17, 15) is 0 Å². The fourth-order valence-corrected chi connectivity index (χ4v) is 2.29. The van der Waals surface area contributed by atoms with Gasteiger partial charge in [-0.05, 0) is 24.3 Å². The highest BCUT2D eigenvalue weighted by Gasteiger charge is 2.06. The lowest BCUT2D eigenvalue weighted by Crippen LogP contribution is -2.11. The molecule has 3 aromatic rings. The minimum absolute atomic E-state index is 0.675. The second-order valence-corrected chi connectivity index (χ2v) is 5.23. The van der Waals surface area contributed by atoms with E-state index in [2.05, 4.69) is 25.9 Å². The Morgan fingerprint density at radius 1 is 1.14 bits per heavy atom. The normalized spacial score (nSPS) is 10.8. The zero-order valence-electron chi connectivity index (χ0n) is 12.5. The molecule has 0 unspecified atom stereocenters. The number of benzene rings is 1. The first-order chi connectivity index (χ1) is 10.1. The molecule has 0 aliphatic rings. The van der Waals surface area contributed by atoms with E-state index in [0.717, 1.165) is 28.4 Å². The van der Waals surface area contributed by atoms with Gasteiger partial charge < -0.3 is 14.8 Å². The van der Waals surface area contributed by atoms with Gasteiger partial charge in [0.15, 0.2) is 0 Å². The third-order valence-electron chi connectivity index (χ3n) is 3.54. The first-order valence-electron chi connectivity index (χ1n) is 6.93. The quantitative estimate of drug-likeness (QED) is 0.798. The number of pyridine rings is 1. The Bertz CT molecular complexity index is 743. The van der Waals surface area contributed by atoms with E-state index in [0.29, 0.717) is 6.54 Å². The van der Waals surface area contributed by atoms with Crippen LogP contribution < -0.4 is 10.2 Å². The Hall–Kier alpha value is -2.56. The minimum atomic E-state index is 0.675. The van der Waals surface area contributed by atoms with Crippen molar-refractivity contribution in [1.82, 2.24) is 14.5 Å². The molecule has 2 aromatic heterocycles. The van der Waals surface area contributed by atoms with Gasteiger partial charge in [-0.2, -0.15) is 0 Å². The predicted molar refractivity (Wildman–Crippen MR) is 86.6 cm³/mol. The largest absolute Gasteiger partial charge is 0.377 e. The maximum Gasteiger partial charge on any atom is 0.128 e. The molecule has 2 heterocycles. The van der Waals surface area contributed by atoms with E-state index in [-0.39, 0.29) is 0 Å². The summed E-state index contributed by atoms with van der Waals surface area (Å²) in [5, 5.41) is 3.36. The number of aromatic nitrogens is 3. The van der Waals surface area contributed by atoms with Gasteiger partial charge in [-0.25, -0.2) is 9.97 Å². The lowest BCUT2D eigenvalue weighted by molar-refractivity contribution is 0.834. The molecule has 0 bridgehead atoms. The third kappa shape index (κ3) is 2.67. The van der Waals surface area contributed by atoms with Gasteiger partial charge in [0.2, 0.25) is 0 Å². The topological polar surface area (TPSA) is 46.0 Å². The Morgan fingerprint density at radius 3 is 2.62 bits per heavy atom. The van der Waals surface area contributed by atoms with E-state index in [1.165, 1.54) is 0 Å². The summed E-state index contributed by atoms with van der Waals surface area (Å²) < 4.78 is 2.12. The van der Waals surface area contributed by atoms with Crippen LogP contribution in [-0.2, 0) is 13.6 Å². The first-order valence-corrected chi connectivity index (χ1v) is 6.93. The molecule has 1 N–H and O–H groups in total. The van der Waals surface area contributed by atoms with Gasteiger partial charge in [-0.1, -0.05) is 12.1 Å². The van der Waals surface area contributed by atoms with Crippen molar-refractivity contribution in [2.45, 2.75) is 6.54 Å². The Kier molecular flexibility index (Phi) is 3.48. The van der Waals surface area contributed by atoms with Crippen LogP contribution in [0.3, 0.4) is 0 Å². The van der Waals surface area contributed by atoms with Gasteiger partial charge in [0, 0.05) is 21.1 Å². The van der Waals surface area contributed by atoms with Gasteiger partial charge >= 0.3 is 0 Å². The molecule has 0 aliphatic carbocycles. The maximum atomic E-state index is 4.64. The van der Waals surface area contributed by atoms with Crippen molar-refractivity contribution in [2.24, 2.45) is 7.05 Å². The molecule has 0 saturated heterocycles. The van der Waals surface area contributed by atoms with Crippen LogP contribution in [0.15, 0.2) is 42.6 Å². The molecule has 0 saturated carbocycles. The summed E-state index contributed by atoms with van der Waals surface area (Å²) in [5.74, 6) is 1.95. The Morgan fingerprint density at radius 2 is 1.95 bits per heavy atom. The van der Waals surface area contributed by atoms with Gasteiger partial charge in [0.1, 0.15) is 11.6 Å².